The molecule has 0 saturated carbocycles. The molecule has 174 valence electrons. The van der Waals surface area contributed by atoms with Crippen LogP contribution in [0.3, 0.4) is 0 Å². The molecule has 0 aliphatic carbocycles. The molecule has 2 aromatic rings. The molecule has 8 heteroatoms. The van der Waals surface area contributed by atoms with Gasteiger partial charge in [0, 0.05) is 25.7 Å². The van der Waals surface area contributed by atoms with Gasteiger partial charge in [0.2, 0.25) is 11.9 Å². The molecule has 1 N–H and O–H groups in total. The number of aromatic nitrogens is 2. The number of nitrogens with one attached hydrogen (secondary N) is 1. The fourth-order valence-corrected chi connectivity index (χ4v) is 5.47. The summed E-state index contributed by atoms with van der Waals surface area (Å²) < 4.78 is 5.31. The first-order chi connectivity index (χ1) is 16.0. The molecule has 3 fully saturated rings. The number of anilines is 1. The molecule has 3 aliphatic heterocycles. The number of methoxy groups -OCH3 is 1. The number of ether oxygens (including phenoxy) is 1. The molecule has 0 bridgehead atoms. The zero-order valence-corrected chi connectivity index (χ0v) is 19.3. The number of carbonyl (C=O) groups excluding carboxylic acids is 2. The van der Waals surface area contributed by atoms with Gasteiger partial charge in [0.05, 0.1) is 36.5 Å². The summed E-state index contributed by atoms with van der Waals surface area (Å²) in [6, 6.07) is 7.63. The van der Waals surface area contributed by atoms with E-state index in [0.717, 1.165) is 50.1 Å². The summed E-state index contributed by atoms with van der Waals surface area (Å²) in [4.78, 5) is 39.6. The van der Waals surface area contributed by atoms with Crippen LogP contribution in [0.25, 0.3) is 0 Å². The molecule has 0 spiro atoms. The van der Waals surface area contributed by atoms with Crippen LogP contribution in [0.4, 0.5) is 5.95 Å². The average Bonchev–Trinajstić information content (AvgIpc) is 3.44. The number of rotatable bonds is 4. The minimum absolute atomic E-state index is 0.0475. The number of nitrogens with zero attached hydrogens (tertiary/aromatic N) is 4. The van der Waals surface area contributed by atoms with Crippen LogP contribution < -0.4 is 15.0 Å². The molecule has 3 aliphatic rings. The second-order valence-electron chi connectivity index (χ2n) is 9.23. The highest BCUT2D eigenvalue weighted by molar-refractivity contribution is 5.96. The van der Waals surface area contributed by atoms with E-state index in [4.69, 9.17) is 4.74 Å². The minimum Gasteiger partial charge on any atom is -0.497 e. The molecule has 4 heterocycles. The zero-order chi connectivity index (χ0) is 22.9. The molecule has 2 amide bonds. The summed E-state index contributed by atoms with van der Waals surface area (Å²) in [5.74, 6) is 1.48. The van der Waals surface area contributed by atoms with Gasteiger partial charge in [-0.3, -0.25) is 9.59 Å². The Morgan fingerprint density at radius 1 is 1.15 bits per heavy atom. The Balaban J connectivity index is 1.48. The Morgan fingerprint density at radius 2 is 1.91 bits per heavy atom. The lowest BCUT2D eigenvalue weighted by molar-refractivity contribution is -0.121. The van der Waals surface area contributed by atoms with Crippen LogP contribution in [-0.4, -0.2) is 59.0 Å². The Kier molecular flexibility index (Phi) is 5.91. The number of likely N-dealkylation sites (tertiary alicyclic amines) is 1. The number of aryl methyl sites for hydroxylation is 1. The van der Waals surface area contributed by atoms with Gasteiger partial charge in [0.25, 0.3) is 5.91 Å². The van der Waals surface area contributed by atoms with Crippen molar-refractivity contribution in [1.29, 1.82) is 0 Å². The molecule has 0 unspecified atom stereocenters. The average molecular weight is 450 g/mol. The van der Waals surface area contributed by atoms with Crippen molar-refractivity contribution in [3.05, 3.63) is 47.3 Å². The number of carbonyl (C=O) groups is 2. The lowest BCUT2D eigenvalue weighted by Crippen LogP contribution is -2.45. The molecule has 1 aromatic heterocycles. The Morgan fingerprint density at radius 3 is 2.61 bits per heavy atom. The maximum absolute atomic E-state index is 14.0. The first kappa shape index (κ1) is 21.7. The Labute approximate surface area is 194 Å². The van der Waals surface area contributed by atoms with Gasteiger partial charge in [0.1, 0.15) is 5.75 Å². The summed E-state index contributed by atoms with van der Waals surface area (Å²) in [6.45, 7) is 3.81. The maximum atomic E-state index is 14.0. The molecule has 1 aromatic carbocycles. The first-order valence-electron chi connectivity index (χ1n) is 11.9. The lowest BCUT2D eigenvalue weighted by Gasteiger charge is -2.32. The number of benzene rings is 1. The number of fused-ring (bicyclic) bond motifs is 1. The van der Waals surface area contributed by atoms with Gasteiger partial charge < -0.3 is 19.9 Å². The van der Waals surface area contributed by atoms with Crippen molar-refractivity contribution >= 4 is 17.8 Å². The normalized spacial score (nSPS) is 24.9. The molecular weight excluding hydrogens is 418 g/mol. The van der Waals surface area contributed by atoms with Crippen molar-refractivity contribution in [2.45, 2.75) is 63.6 Å². The van der Waals surface area contributed by atoms with E-state index in [0.29, 0.717) is 30.0 Å². The second-order valence-corrected chi connectivity index (χ2v) is 9.23. The highest BCUT2D eigenvalue weighted by Crippen LogP contribution is 2.41. The monoisotopic (exact) mass is 449 g/mol. The molecule has 5 rings (SSSR count). The first-order valence-corrected chi connectivity index (χ1v) is 11.9. The van der Waals surface area contributed by atoms with Crippen LogP contribution in [0.15, 0.2) is 30.5 Å². The molecule has 3 atom stereocenters. The van der Waals surface area contributed by atoms with E-state index >= 15 is 0 Å². The SMILES string of the molecule is COc1ccc([C@H]2C[C@@H]3NC(=O)CCC[C@H]3N2C(=O)c2cnc(N3CCCC3)nc2C)cc1. The van der Waals surface area contributed by atoms with E-state index in [9.17, 15) is 9.59 Å². The van der Waals surface area contributed by atoms with Crippen LogP contribution in [0.5, 0.6) is 5.75 Å². The molecular formula is C25H31N5O3. The third-order valence-electron chi connectivity index (χ3n) is 7.21. The van der Waals surface area contributed by atoms with E-state index in [-0.39, 0.29) is 29.9 Å². The Bertz CT molecular complexity index is 1030. The standard InChI is InChI=1S/C25H31N5O3/c1-16-19(15-26-25(27-16)29-12-3-4-13-29)24(32)30-21-6-5-7-23(31)28-20(21)14-22(30)17-8-10-18(33-2)11-9-17/h8-11,15,20-22H,3-7,12-14H2,1-2H3,(H,28,31)/t20-,21+,22+/m0/s1. The van der Waals surface area contributed by atoms with Gasteiger partial charge in [-0.1, -0.05) is 12.1 Å². The summed E-state index contributed by atoms with van der Waals surface area (Å²) >= 11 is 0. The van der Waals surface area contributed by atoms with Crippen LogP contribution >= 0.6 is 0 Å². The summed E-state index contributed by atoms with van der Waals surface area (Å²) in [6.07, 6.45) is 6.76. The van der Waals surface area contributed by atoms with Gasteiger partial charge in [-0.15, -0.1) is 0 Å². The van der Waals surface area contributed by atoms with E-state index in [1.54, 1.807) is 13.3 Å². The van der Waals surface area contributed by atoms with Gasteiger partial charge in [0.15, 0.2) is 0 Å². The smallest absolute Gasteiger partial charge is 0.258 e. The van der Waals surface area contributed by atoms with Crippen LogP contribution in [0.1, 0.15) is 66.2 Å². The van der Waals surface area contributed by atoms with Crippen molar-refractivity contribution in [3.8, 4) is 5.75 Å². The van der Waals surface area contributed by atoms with Crippen molar-refractivity contribution in [1.82, 2.24) is 20.2 Å². The number of hydrogen-bond acceptors (Lipinski definition) is 6. The van der Waals surface area contributed by atoms with Crippen LogP contribution in [-0.2, 0) is 4.79 Å². The molecule has 3 saturated heterocycles. The third kappa shape index (κ3) is 4.14. The predicted octanol–water partition coefficient (Wildman–Crippen LogP) is 3.02. The largest absolute Gasteiger partial charge is 0.497 e. The van der Waals surface area contributed by atoms with Crippen LogP contribution in [0, 0.1) is 6.92 Å². The van der Waals surface area contributed by atoms with Gasteiger partial charge >= 0.3 is 0 Å². The number of amides is 2. The maximum Gasteiger partial charge on any atom is 0.258 e. The lowest BCUT2D eigenvalue weighted by atomic mass is 10.0. The van der Waals surface area contributed by atoms with Crippen molar-refractivity contribution in [2.75, 3.05) is 25.1 Å². The molecule has 8 nitrogen and oxygen atoms in total. The predicted molar refractivity (Wildman–Crippen MR) is 124 cm³/mol. The Hall–Kier alpha value is -3.16. The molecule has 33 heavy (non-hydrogen) atoms. The highest BCUT2D eigenvalue weighted by Gasteiger charge is 2.46. The van der Waals surface area contributed by atoms with E-state index in [1.165, 1.54) is 0 Å². The zero-order valence-electron chi connectivity index (χ0n) is 19.3. The topological polar surface area (TPSA) is 87.7 Å². The van der Waals surface area contributed by atoms with Crippen LogP contribution in [0.2, 0.25) is 0 Å². The van der Waals surface area contributed by atoms with Gasteiger partial charge in [-0.25, -0.2) is 9.97 Å². The minimum atomic E-state index is -0.130. The quantitative estimate of drug-likeness (QED) is 0.772. The van der Waals surface area contributed by atoms with Crippen molar-refractivity contribution < 1.29 is 14.3 Å². The summed E-state index contributed by atoms with van der Waals surface area (Å²) in [5.41, 5.74) is 2.28. The highest BCUT2D eigenvalue weighted by atomic mass is 16.5. The van der Waals surface area contributed by atoms with E-state index < -0.39 is 0 Å². The van der Waals surface area contributed by atoms with E-state index in [2.05, 4.69) is 20.2 Å². The summed E-state index contributed by atoms with van der Waals surface area (Å²) in [7, 11) is 1.64. The summed E-state index contributed by atoms with van der Waals surface area (Å²) in [5, 5.41) is 3.16. The van der Waals surface area contributed by atoms with Gasteiger partial charge in [-0.05, 0) is 56.7 Å². The fourth-order valence-electron chi connectivity index (χ4n) is 5.47. The van der Waals surface area contributed by atoms with Crippen molar-refractivity contribution in [2.24, 2.45) is 0 Å². The third-order valence-corrected chi connectivity index (χ3v) is 7.21. The molecule has 0 radical (unpaired) electrons. The number of hydrogen-bond donors (Lipinski definition) is 1. The van der Waals surface area contributed by atoms with Crippen molar-refractivity contribution in [3.63, 3.8) is 0 Å². The van der Waals surface area contributed by atoms with E-state index in [1.807, 2.05) is 36.1 Å². The van der Waals surface area contributed by atoms with Gasteiger partial charge in [-0.2, -0.15) is 0 Å². The fraction of sp³-hybridized carbons (Fsp3) is 0.520. The second kappa shape index (κ2) is 9.00.